The number of para-hydroxylation sites is 1. The lowest BCUT2D eigenvalue weighted by atomic mass is 10.1. The second kappa shape index (κ2) is 16.8. The summed E-state index contributed by atoms with van der Waals surface area (Å²) in [5.74, 6) is 0.499. The van der Waals surface area contributed by atoms with E-state index in [1.807, 2.05) is 60.3 Å². The number of rotatable bonds is 15. The highest BCUT2D eigenvalue weighted by Crippen LogP contribution is 2.34. The summed E-state index contributed by atoms with van der Waals surface area (Å²) in [5.41, 5.74) is 3.93. The van der Waals surface area contributed by atoms with Gasteiger partial charge in [-0.05, 0) is 60.0 Å². The van der Waals surface area contributed by atoms with Crippen LogP contribution in [-0.2, 0) is 26.6 Å². The summed E-state index contributed by atoms with van der Waals surface area (Å²) >= 11 is 0. The Labute approximate surface area is 312 Å². The number of hydrogen-bond acceptors (Lipinski definition) is 10. The molecule has 0 saturated carbocycles. The van der Waals surface area contributed by atoms with Gasteiger partial charge in [-0.2, -0.15) is 0 Å². The van der Waals surface area contributed by atoms with E-state index >= 15 is 0 Å². The minimum absolute atomic E-state index is 0.106. The molecule has 2 N–H and O–H groups in total. The number of methoxy groups -OCH3 is 4. The molecule has 0 atom stereocenters. The van der Waals surface area contributed by atoms with Crippen molar-refractivity contribution in [2.75, 3.05) is 45.6 Å². The summed E-state index contributed by atoms with van der Waals surface area (Å²) in [7, 11) is 8.12. The number of fused-ring (bicyclic) bond motifs is 1. The van der Waals surface area contributed by atoms with E-state index in [-0.39, 0.29) is 39.5 Å². The molecule has 0 spiro atoms. The molecule has 0 aliphatic heterocycles. The SMILES string of the molecule is COc1ccc(CN(CCc2ccc(NC(=O)c3cc(OC)c(OC)cc3NC(=O)c3cc(=O)c4ccccc4o3)cc2)Cc2cncn2C)cc1OC. The van der Waals surface area contributed by atoms with Crippen LogP contribution in [0.4, 0.5) is 11.4 Å². The fraction of sp³-hybridized carbons (Fsp3) is 0.220. The maximum Gasteiger partial charge on any atom is 0.291 e. The molecule has 278 valence electrons. The van der Waals surface area contributed by atoms with Crippen molar-refractivity contribution < 1.29 is 33.0 Å². The quantitative estimate of drug-likeness (QED) is 0.123. The van der Waals surface area contributed by atoms with Gasteiger partial charge in [-0.1, -0.05) is 30.3 Å². The van der Waals surface area contributed by atoms with Gasteiger partial charge in [-0.25, -0.2) is 4.98 Å². The lowest BCUT2D eigenvalue weighted by molar-refractivity contribution is 0.0997. The lowest BCUT2D eigenvalue weighted by Gasteiger charge is -2.23. The van der Waals surface area contributed by atoms with Crippen LogP contribution in [0.3, 0.4) is 0 Å². The van der Waals surface area contributed by atoms with Crippen molar-refractivity contribution in [3.05, 3.63) is 136 Å². The molecule has 54 heavy (non-hydrogen) atoms. The maximum absolute atomic E-state index is 13.7. The largest absolute Gasteiger partial charge is 0.493 e. The van der Waals surface area contributed by atoms with Crippen molar-refractivity contribution in [3.63, 3.8) is 0 Å². The maximum atomic E-state index is 13.7. The van der Waals surface area contributed by atoms with Gasteiger partial charge in [0.1, 0.15) is 5.58 Å². The van der Waals surface area contributed by atoms with Crippen LogP contribution in [0.15, 0.2) is 107 Å². The van der Waals surface area contributed by atoms with Crippen LogP contribution < -0.4 is 35.0 Å². The van der Waals surface area contributed by atoms with E-state index in [0.717, 1.165) is 35.9 Å². The van der Waals surface area contributed by atoms with E-state index in [1.165, 1.54) is 26.4 Å². The summed E-state index contributed by atoms with van der Waals surface area (Å²) in [6, 6.07) is 24.2. The molecule has 0 aliphatic rings. The van der Waals surface area contributed by atoms with Crippen LogP contribution in [0, 0.1) is 0 Å². The number of nitrogens with zero attached hydrogens (tertiary/aromatic N) is 3. The summed E-state index contributed by atoms with van der Waals surface area (Å²) in [6.45, 7) is 2.12. The number of anilines is 2. The Bertz CT molecular complexity index is 2330. The van der Waals surface area contributed by atoms with Gasteiger partial charge in [0.2, 0.25) is 0 Å². The fourth-order valence-electron chi connectivity index (χ4n) is 6.03. The molecule has 2 heterocycles. The van der Waals surface area contributed by atoms with E-state index in [2.05, 4.69) is 20.5 Å². The highest BCUT2D eigenvalue weighted by molar-refractivity contribution is 6.12. The number of benzene rings is 4. The van der Waals surface area contributed by atoms with E-state index in [0.29, 0.717) is 35.7 Å². The Balaban J connectivity index is 1.17. The number of aryl methyl sites for hydroxylation is 1. The van der Waals surface area contributed by atoms with E-state index in [1.54, 1.807) is 44.8 Å². The van der Waals surface area contributed by atoms with Gasteiger partial charge in [0.15, 0.2) is 34.2 Å². The highest BCUT2D eigenvalue weighted by Gasteiger charge is 2.21. The summed E-state index contributed by atoms with van der Waals surface area (Å²) in [6.07, 6.45) is 4.41. The van der Waals surface area contributed by atoms with Crippen LogP contribution in [-0.4, -0.2) is 61.2 Å². The first-order valence-electron chi connectivity index (χ1n) is 17.1. The third-order valence-corrected chi connectivity index (χ3v) is 8.96. The van der Waals surface area contributed by atoms with Crippen molar-refractivity contribution in [1.82, 2.24) is 14.5 Å². The average molecular weight is 732 g/mol. The predicted octanol–water partition coefficient (Wildman–Crippen LogP) is 6.31. The molecule has 0 fully saturated rings. The zero-order valence-corrected chi connectivity index (χ0v) is 30.7. The van der Waals surface area contributed by atoms with Gasteiger partial charge in [0.05, 0.1) is 57.1 Å². The zero-order valence-electron chi connectivity index (χ0n) is 30.7. The first-order valence-corrected chi connectivity index (χ1v) is 17.1. The van der Waals surface area contributed by atoms with E-state index in [4.69, 9.17) is 23.4 Å². The fourth-order valence-corrected chi connectivity index (χ4v) is 6.03. The second-order valence-corrected chi connectivity index (χ2v) is 12.5. The molecule has 4 aromatic carbocycles. The molecule has 6 rings (SSSR count). The number of imidazole rings is 1. The molecular weight excluding hydrogens is 690 g/mol. The number of carbonyl (C=O) groups is 2. The van der Waals surface area contributed by atoms with Crippen LogP contribution >= 0.6 is 0 Å². The molecule has 0 saturated heterocycles. The van der Waals surface area contributed by atoms with Crippen molar-refractivity contribution in [3.8, 4) is 23.0 Å². The summed E-state index contributed by atoms with van der Waals surface area (Å²) < 4.78 is 29.6. The first kappa shape index (κ1) is 37.2. The molecule has 13 heteroatoms. The molecule has 0 unspecified atom stereocenters. The molecule has 2 amide bonds. The van der Waals surface area contributed by atoms with Gasteiger partial charge in [0, 0.05) is 50.7 Å². The number of aromatic nitrogens is 2. The van der Waals surface area contributed by atoms with E-state index < -0.39 is 11.8 Å². The normalized spacial score (nSPS) is 11.0. The Morgan fingerprint density at radius 3 is 2.15 bits per heavy atom. The Morgan fingerprint density at radius 2 is 1.44 bits per heavy atom. The van der Waals surface area contributed by atoms with Gasteiger partial charge in [0.25, 0.3) is 11.8 Å². The molecule has 13 nitrogen and oxygen atoms in total. The molecule has 0 radical (unpaired) electrons. The number of carbonyl (C=O) groups excluding carboxylic acids is 2. The zero-order chi connectivity index (χ0) is 38.2. The number of ether oxygens (including phenoxy) is 4. The Hall–Kier alpha value is -6.60. The Kier molecular flexibility index (Phi) is 11.6. The van der Waals surface area contributed by atoms with E-state index in [9.17, 15) is 14.4 Å². The van der Waals surface area contributed by atoms with Gasteiger partial charge in [-0.15, -0.1) is 0 Å². The molecule has 0 aliphatic carbocycles. The Morgan fingerprint density at radius 1 is 0.759 bits per heavy atom. The summed E-state index contributed by atoms with van der Waals surface area (Å²) in [4.78, 5) is 46.3. The van der Waals surface area contributed by atoms with Crippen LogP contribution in [0.5, 0.6) is 23.0 Å². The van der Waals surface area contributed by atoms with Crippen LogP contribution in [0.2, 0.25) is 0 Å². The molecule has 6 aromatic rings. The van der Waals surface area contributed by atoms with Gasteiger partial charge in [-0.3, -0.25) is 19.3 Å². The van der Waals surface area contributed by atoms with Crippen molar-refractivity contribution in [2.45, 2.75) is 19.5 Å². The van der Waals surface area contributed by atoms with Gasteiger partial charge >= 0.3 is 0 Å². The average Bonchev–Trinajstić information content (AvgIpc) is 3.60. The van der Waals surface area contributed by atoms with Crippen molar-refractivity contribution in [1.29, 1.82) is 0 Å². The van der Waals surface area contributed by atoms with Crippen molar-refractivity contribution >= 4 is 34.2 Å². The second-order valence-electron chi connectivity index (χ2n) is 12.5. The minimum atomic E-state index is -0.716. The third-order valence-electron chi connectivity index (χ3n) is 8.96. The number of hydrogen-bond donors (Lipinski definition) is 2. The number of nitrogens with one attached hydrogen (secondary N) is 2. The standard InChI is InChI=1S/C41H41N5O8/c1-45-25-42-22-29(45)24-46(23-27-12-15-35(50-2)36(18-27)51-3)17-16-26-10-13-28(14-11-26)43-40(48)31-19-37(52-4)38(53-5)20-32(31)44-41(49)39-21-33(47)30-8-6-7-9-34(30)54-39/h6-15,18-22,25H,16-17,23-24H2,1-5H3,(H,43,48)(H,44,49). The van der Waals surface area contributed by atoms with Crippen LogP contribution in [0.25, 0.3) is 11.0 Å². The first-order chi connectivity index (χ1) is 26.2. The smallest absolute Gasteiger partial charge is 0.291 e. The lowest BCUT2D eigenvalue weighted by Crippen LogP contribution is -2.26. The van der Waals surface area contributed by atoms with Crippen molar-refractivity contribution in [2.24, 2.45) is 7.05 Å². The molecule has 2 aromatic heterocycles. The molecule has 0 bridgehead atoms. The third kappa shape index (κ3) is 8.54. The minimum Gasteiger partial charge on any atom is -0.493 e. The summed E-state index contributed by atoms with van der Waals surface area (Å²) in [5, 5.41) is 5.97. The van der Waals surface area contributed by atoms with Crippen LogP contribution in [0.1, 0.15) is 37.7 Å². The number of amides is 2. The monoisotopic (exact) mass is 731 g/mol. The predicted molar refractivity (Wildman–Crippen MR) is 205 cm³/mol. The van der Waals surface area contributed by atoms with Gasteiger partial charge < -0.3 is 38.6 Å². The highest BCUT2D eigenvalue weighted by atomic mass is 16.5. The topological polar surface area (TPSA) is 146 Å². The molecular formula is C41H41N5O8.